The first kappa shape index (κ1) is 26.6. The summed E-state index contributed by atoms with van der Waals surface area (Å²) < 4.78 is 35.5. The minimum absolute atomic E-state index is 0.0664. The first-order valence-corrected chi connectivity index (χ1v) is 16.7. The molecular weight excluding hydrogens is 548 g/mol. The van der Waals surface area contributed by atoms with E-state index in [-0.39, 0.29) is 17.3 Å². The number of amides is 1. The number of aliphatic hydroxyl groups excluding tert-OH is 1. The number of nitrogens with zero attached hydrogens (tertiary/aromatic N) is 1. The van der Waals surface area contributed by atoms with Crippen molar-refractivity contribution in [2.24, 2.45) is 17.8 Å². The van der Waals surface area contributed by atoms with Crippen LogP contribution in [0, 0.1) is 17.8 Å². The summed E-state index contributed by atoms with van der Waals surface area (Å²) >= 11 is 6.38. The summed E-state index contributed by atoms with van der Waals surface area (Å²) in [5, 5.41) is 11.6. The highest BCUT2D eigenvalue weighted by Crippen LogP contribution is 2.48. The van der Waals surface area contributed by atoms with Crippen molar-refractivity contribution in [2.45, 2.75) is 74.6 Å². The average molecular weight is 585 g/mol. The lowest BCUT2D eigenvalue weighted by atomic mass is 9.65. The van der Waals surface area contributed by atoms with Gasteiger partial charge in [0.15, 0.2) is 0 Å². The third-order valence-corrected chi connectivity index (χ3v) is 12.5. The molecule has 2 heterocycles. The van der Waals surface area contributed by atoms with E-state index in [1.54, 1.807) is 12.1 Å². The van der Waals surface area contributed by atoms with Crippen LogP contribution in [0.1, 0.15) is 72.9 Å². The molecule has 3 aliphatic carbocycles. The van der Waals surface area contributed by atoms with Gasteiger partial charge in [-0.3, -0.25) is 4.79 Å². The maximum atomic E-state index is 13.3. The van der Waals surface area contributed by atoms with Gasteiger partial charge in [0.25, 0.3) is 5.91 Å². The summed E-state index contributed by atoms with van der Waals surface area (Å²) in [6.45, 7) is 2.01. The molecule has 1 spiro atoms. The van der Waals surface area contributed by atoms with E-state index in [1.807, 2.05) is 12.1 Å². The van der Waals surface area contributed by atoms with Crippen LogP contribution in [0.25, 0.3) is 0 Å². The number of carbonyl (C=O) groups excluding carboxylic acids is 1. The fraction of sp³-hybridized carbons (Fsp3) is 0.581. The highest BCUT2D eigenvalue weighted by atomic mass is 35.5. The van der Waals surface area contributed by atoms with Crippen molar-refractivity contribution in [2.75, 3.05) is 24.6 Å². The SMILES string of the molecule is O=C1NS(=O)(=O)C2CCC[C@H](C2)[C@@H](O)[C@@H]2CC[C@H]2CN2C[C@@]3(CCCc4cc(Cl)ccc43)COc3ccc1cc32. The maximum Gasteiger partial charge on any atom is 0.264 e. The van der Waals surface area contributed by atoms with Gasteiger partial charge in [0, 0.05) is 29.1 Å². The predicted octanol–water partition coefficient (Wildman–Crippen LogP) is 4.83. The van der Waals surface area contributed by atoms with E-state index in [1.165, 1.54) is 11.1 Å². The van der Waals surface area contributed by atoms with E-state index in [0.717, 1.165) is 68.7 Å². The monoisotopic (exact) mass is 584 g/mol. The van der Waals surface area contributed by atoms with Gasteiger partial charge in [-0.1, -0.05) is 24.1 Å². The van der Waals surface area contributed by atoms with E-state index < -0.39 is 27.3 Å². The lowest BCUT2D eigenvalue weighted by Gasteiger charge is -2.47. The summed E-state index contributed by atoms with van der Waals surface area (Å²) in [6, 6.07) is 11.5. The van der Waals surface area contributed by atoms with Crippen molar-refractivity contribution in [3.05, 3.63) is 58.1 Å². The van der Waals surface area contributed by atoms with Crippen LogP contribution in [-0.4, -0.2) is 50.5 Å². The Morgan fingerprint density at radius 2 is 1.93 bits per heavy atom. The van der Waals surface area contributed by atoms with E-state index in [4.69, 9.17) is 16.3 Å². The van der Waals surface area contributed by atoms with Crippen LogP contribution in [0.15, 0.2) is 36.4 Å². The van der Waals surface area contributed by atoms with Crippen molar-refractivity contribution in [1.29, 1.82) is 0 Å². The molecule has 214 valence electrons. The Hall–Kier alpha value is -2.29. The van der Waals surface area contributed by atoms with Crippen molar-refractivity contribution in [1.82, 2.24) is 4.72 Å². The zero-order valence-electron chi connectivity index (χ0n) is 22.6. The third-order valence-electron chi connectivity index (χ3n) is 10.5. The van der Waals surface area contributed by atoms with Crippen LogP contribution in [-0.2, 0) is 21.9 Å². The van der Waals surface area contributed by atoms with Crippen LogP contribution < -0.4 is 14.4 Å². The fourth-order valence-corrected chi connectivity index (χ4v) is 9.92. The number of aliphatic hydroxyl groups is 1. The molecule has 2 saturated carbocycles. The number of anilines is 1. The summed E-state index contributed by atoms with van der Waals surface area (Å²) in [7, 11) is -3.87. The molecule has 0 radical (unpaired) electrons. The highest BCUT2D eigenvalue weighted by Gasteiger charge is 2.46. The Balaban J connectivity index is 1.32. The molecule has 4 bridgehead atoms. The molecule has 0 saturated heterocycles. The third kappa shape index (κ3) is 4.51. The minimum Gasteiger partial charge on any atom is -0.490 e. The molecule has 2 fully saturated rings. The van der Waals surface area contributed by atoms with Crippen LogP contribution in [0.2, 0.25) is 5.02 Å². The number of carbonyl (C=O) groups is 1. The van der Waals surface area contributed by atoms with Crippen molar-refractivity contribution in [3.8, 4) is 5.75 Å². The molecule has 9 heteroatoms. The van der Waals surface area contributed by atoms with E-state index in [0.29, 0.717) is 36.7 Å². The fourth-order valence-electron chi connectivity index (χ4n) is 8.20. The standard InChI is InChI=1S/C31H37ClN2O5S/c32-23-8-10-26-19(13-23)4-2-12-31(26)17-34-16-22-6-9-25(22)29(35)20-3-1-5-24(14-20)40(37,38)33-30(36)21-7-11-28(39-18-31)27(34)15-21/h7-8,10-11,13,15,20,22,24-25,29,35H,1-6,9,12,14,16-18H2,(H,33,36)/t20-,22+,24?,25-,29-,31+/m1/s1. The van der Waals surface area contributed by atoms with Gasteiger partial charge in [-0.05, 0) is 111 Å². The number of hydrogen-bond donors (Lipinski definition) is 2. The lowest BCUT2D eigenvalue weighted by molar-refractivity contribution is -0.0314. The topological polar surface area (TPSA) is 95.9 Å². The number of fused-ring (bicyclic) bond motifs is 6. The zero-order chi connectivity index (χ0) is 27.6. The second kappa shape index (κ2) is 9.92. The van der Waals surface area contributed by atoms with Crippen LogP contribution in [0.3, 0.4) is 0 Å². The van der Waals surface area contributed by atoms with Gasteiger partial charge in [-0.2, -0.15) is 0 Å². The number of aryl methyl sites for hydroxylation is 1. The van der Waals surface area contributed by atoms with E-state index in [9.17, 15) is 18.3 Å². The second-order valence-corrected chi connectivity index (χ2v) is 15.2. The summed E-state index contributed by atoms with van der Waals surface area (Å²) in [5.41, 5.74) is 3.45. The number of rotatable bonds is 0. The quantitative estimate of drug-likeness (QED) is 0.460. The molecule has 1 unspecified atom stereocenters. The predicted molar refractivity (Wildman–Crippen MR) is 155 cm³/mol. The normalized spacial score (nSPS) is 34.7. The number of benzene rings is 2. The van der Waals surface area contributed by atoms with Gasteiger partial charge in [0.1, 0.15) is 5.75 Å². The largest absolute Gasteiger partial charge is 0.490 e. The van der Waals surface area contributed by atoms with Gasteiger partial charge in [-0.25, -0.2) is 13.1 Å². The molecule has 7 nitrogen and oxygen atoms in total. The molecule has 2 aromatic carbocycles. The Kier molecular flexibility index (Phi) is 6.59. The van der Waals surface area contributed by atoms with Crippen molar-refractivity contribution >= 4 is 33.2 Å². The van der Waals surface area contributed by atoms with Gasteiger partial charge in [0.05, 0.1) is 23.6 Å². The van der Waals surface area contributed by atoms with E-state index in [2.05, 4.69) is 21.8 Å². The first-order chi connectivity index (χ1) is 19.2. The smallest absolute Gasteiger partial charge is 0.264 e. The van der Waals surface area contributed by atoms with E-state index >= 15 is 0 Å². The van der Waals surface area contributed by atoms with Gasteiger partial charge < -0.3 is 14.7 Å². The van der Waals surface area contributed by atoms with Crippen LogP contribution in [0.5, 0.6) is 5.75 Å². The summed E-state index contributed by atoms with van der Waals surface area (Å²) in [5.74, 6) is 0.471. The summed E-state index contributed by atoms with van der Waals surface area (Å²) in [4.78, 5) is 15.7. The Morgan fingerprint density at radius 3 is 2.75 bits per heavy atom. The molecule has 2 aromatic rings. The first-order valence-electron chi connectivity index (χ1n) is 14.8. The number of hydrogen-bond acceptors (Lipinski definition) is 6. The molecule has 2 aliphatic heterocycles. The van der Waals surface area contributed by atoms with Gasteiger partial charge >= 0.3 is 0 Å². The van der Waals surface area contributed by atoms with Crippen molar-refractivity contribution in [3.63, 3.8) is 0 Å². The van der Waals surface area contributed by atoms with Crippen molar-refractivity contribution < 1.29 is 23.1 Å². The molecule has 7 rings (SSSR count). The molecule has 0 aromatic heterocycles. The number of halogens is 1. The Bertz CT molecular complexity index is 1450. The van der Waals surface area contributed by atoms with Gasteiger partial charge in [-0.15, -0.1) is 0 Å². The molecule has 1 amide bonds. The number of ether oxygens (including phenoxy) is 1. The zero-order valence-corrected chi connectivity index (χ0v) is 24.2. The average Bonchev–Trinajstić information content (AvgIpc) is 3.07. The molecule has 6 atom stereocenters. The second-order valence-electron chi connectivity index (χ2n) is 12.8. The lowest BCUT2D eigenvalue weighted by Crippen LogP contribution is -2.51. The van der Waals surface area contributed by atoms with Crippen LogP contribution >= 0.6 is 11.6 Å². The van der Waals surface area contributed by atoms with Crippen LogP contribution in [0.4, 0.5) is 5.69 Å². The Morgan fingerprint density at radius 1 is 1.05 bits per heavy atom. The molecule has 2 N–H and O–H groups in total. The summed E-state index contributed by atoms with van der Waals surface area (Å²) in [6.07, 6.45) is 6.96. The molecule has 5 aliphatic rings. The van der Waals surface area contributed by atoms with Gasteiger partial charge in [0.2, 0.25) is 10.0 Å². The number of sulfonamides is 1. The molecule has 40 heavy (non-hydrogen) atoms. The molecular formula is C31H37ClN2O5S. The Labute approximate surface area is 241 Å². The number of nitrogens with one attached hydrogen (secondary N) is 1. The maximum absolute atomic E-state index is 13.3. The highest BCUT2D eigenvalue weighted by molar-refractivity contribution is 7.90. The minimum atomic E-state index is -3.87.